The Morgan fingerprint density at radius 3 is 2.55 bits per heavy atom. The van der Waals surface area contributed by atoms with E-state index < -0.39 is 0 Å². The second-order valence-corrected chi connectivity index (χ2v) is 6.51. The Kier molecular flexibility index (Phi) is 5.28. The van der Waals surface area contributed by atoms with E-state index in [-0.39, 0.29) is 0 Å². The lowest BCUT2D eigenvalue weighted by Gasteiger charge is -2.25. The third kappa shape index (κ3) is 3.86. The SMILES string of the molecule is Cc1cc(C(C)NC2CCCN(C(C)C)CC2)c(C)o1. The van der Waals surface area contributed by atoms with Crippen molar-refractivity contribution >= 4 is 0 Å². The van der Waals surface area contributed by atoms with E-state index >= 15 is 0 Å². The van der Waals surface area contributed by atoms with Gasteiger partial charge in [0.25, 0.3) is 0 Å². The summed E-state index contributed by atoms with van der Waals surface area (Å²) in [7, 11) is 0. The fourth-order valence-corrected chi connectivity index (χ4v) is 3.33. The van der Waals surface area contributed by atoms with Gasteiger partial charge in [0.2, 0.25) is 0 Å². The van der Waals surface area contributed by atoms with E-state index in [9.17, 15) is 0 Å². The highest BCUT2D eigenvalue weighted by molar-refractivity contribution is 5.23. The summed E-state index contributed by atoms with van der Waals surface area (Å²) in [5, 5.41) is 3.80. The van der Waals surface area contributed by atoms with Crippen LogP contribution in [0.1, 0.15) is 63.2 Å². The first kappa shape index (κ1) is 15.6. The fourth-order valence-electron chi connectivity index (χ4n) is 3.33. The Morgan fingerprint density at radius 2 is 1.95 bits per heavy atom. The van der Waals surface area contributed by atoms with Crippen LogP contribution in [0.15, 0.2) is 10.5 Å². The molecule has 2 heterocycles. The molecule has 3 heteroatoms. The minimum atomic E-state index is 0.378. The first-order valence-electron chi connectivity index (χ1n) is 8.04. The molecular formula is C17H30N2O. The lowest BCUT2D eigenvalue weighted by Crippen LogP contribution is -2.35. The summed E-state index contributed by atoms with van der Waals surface area (Å²) >= 11 is 0. The van der Waals surface area contributed by atoms with Crippen LogP contribution in [-0.2, 0) is 0 Å². The van der Waals surface area contributed by atoms with Crippen LogP contribution in [0.5, 0.6) is 0 Å². The van der Waals surface area contributed by atoms with Crippen molar-refractivity contribution in [1.29, 1.82) is 0 Å². The molecule has 0 bridgehead atoms. The Balaban J connectivity index is 1.91. The molecule has 20 heavy (non-hydrogen) atoms. The van der Waals surface area contributed by atoms with Crippen molar-refractivity contribution in [1.82, 2.24) is 10.2 Å². The van der Waals surface area contributed by atoms with Crippen molar-refractivity contribution < 1.29 is 4.42 Å². The first-order chi connectivity index (χ1) is 9.47. The van der Waals surface area contributed by atoms with Gasteiger partial charge in [-0.2, -0.15) is 0 Å². The number of hydrogen-bond donors (Lipinski definition) is 1. The highest BCUT2D eigenvalue weighted by Crippen LogP contribution is 2.23. The molecule has 1 aromatic rings. The Labute approximate surface area is 123 Å². The molecule has 0 aliphatic carbocycles. The highest BCUT2D eigenvalue weighted by atomic mass is 16.3. The van der Waals surface area contributed by atoms with Crippen molar-refractivity contribution in [3.05, 3.63) is 23.2 Å². The Morgan fingerprint density at radius 1 is 1.20 bits per heavy atom. The highest BCUT2D eigenvalue weighted by Gasteiger charge is 2.21. The van der Waals surface area contributed by atoms with Gasteiger partial charge < -0.3 is 14.6 Å². The monoisotopic (exact) mass is 278 g/mol. The number of hydrogen-bond acceptors (Lipinski definition) is 3. The van der Waals surface area contributed by atoms with Gasteiger partial charge >= 0.3 is 0 Å². The van der Waals surface area contributed by atoms with Crippen molar-refractivity contribution in [3.8, 4) is 0 Å². The zero-order chi connectivity index (χ0) is 14.7. The molecule has 1 fully saturated rings. The van der Waals surface area contributed by atoms with E-state index in [2.05, 4.69) is 44.0 Å². The van der Waals surface area contributed by atoms with E-state index in [4.69, 9.17) is 4.42 Å². The maximum Gasteiger partial charge on any atom is 0.105 e. The number of likely N-dealkylation sites (tertiary alicyclic amines) is 1. The minimum Gasteiger partial charge on any atom is -0.466 e. The average Bonchev–Trinajstić information content (AvgIpc) is 2.60. The molecule has 1 aliphatic rings. The second kappa shape index (κ2) is 6.77. The lowest BCUT2D eigenvalue weighted by molar-refractivity contribution is 0.228. The maximum atomic E-state index is 5.65. The normalized spacial score (nSPS) is 23.0. The Hall–Kier alpha value is -0.800. The molecule has 0 saturated carbocycles. The number of aryl methyl sites for hydroxylation is 2. The van der Waals surface area contributed by atoms with Crippen LogP contribution in [-0.4, -0.2) is 30.1 Å². The summed E-state index contributed by atoms with van der Waals surface area (Å²) in [6.45, 7) is 13.4. The lowest BCUT2D eigenvalue weighted by atomic mass is 10.0. The molecule has 0 spiro atoms. The molecule has 3 nitrogen and oxygen atoms in total. The number of nitrogens with one attached hydrogen (secondary N) is 1. The van der Waals surface area contributed by atoms with Gasteiger partial charge in [0, 0.05) is 23.7 Å². The summed E-state index contributed by atoms with van der Waals surface area (Å²) < 4.78 is 5.65. The number of furan rings is 1. The minimum absolute atomic E-state index is 0.378. The van der Waals surface area contributed by atoms with E-state index in [0.717, 1.165) is 11.5 Å². The van der Waals surface area contributed by atoms with Gasteiger partial charge in [-0.15, -0.1) is 0 Å². The van der Waals surface area contributed by atoms with Gasteiger partial charge in [0.05, 0.1) is 0 Å². The Bertz CT molecular complexity index is 425. The van der Waals surface area contributed by atoms with Gasteiger partial charge in [0.15, 0.2) is 0 Å². The summed E-state index contributed by atoms with van der Waals surface area (Å²) in [6, 6.07) is 3.85. The zero-order valence-corrected chi connectivity index (χ0v) is 13.7. The molecule has 1 saturated heterocycles. The predicted molar refractivity (Wildman–Crippen MR) is 84.1 cm³/mol. The van der Waals surface area contributed by atoms with Crippen LogP contribution in [0, 0.1) is 13.8 Å². The van der Waals surface area contributed by atoms with Crippen LogP contribution in [0.3, 0.4) is 0 Å². The van der Waals surface area contributed by atoms with Crippen molar-refractivity contribution in [3.63, 3.8) is 0 Å². The zero-order valence-electron chi connectivity index (χ0n) is 13.7. The summed E-state index contributed by atoms with van der Waals surface area (Å²) in [4.78, 5) is 2.60. The molecule has 2 atom stereocenters. The van der Waals surface area contributed by atoms with Gasteiger partial charge in [-0.05, 0) is 73.0 Å². The summed E-state index contributed by atoms with van der Waals surface area (Å²) in [5.41, 5.74) is 1.31. The molecule has 0 aromatic carbocycles. The third-order valence-corrected chi connectivity index (χ3v) is 4.52. The predicted octanol–water partition coefficient (Wildman–Crippen LogP) is 3.81. The molecular weight excluding hydrogens is 248 g/mol. The average molecular weight is 278 g/mol. The molecule has 1 aliphatic heterocycles. The van der Waals surface area contributed by atoms with Gasteiger partial charge in [0.1, 0.15) is 11.5 Å². The van der Waals surface area contributed by atoms with Crippen LogP contribution in [0.25, 0.3) is 0 Å². The van der Waals surface area contributed by atoms with E-state index in [0.29, 0.717) is 18.1 Å². The van der Waals surface area contributed by atoms with E-state index in [1.807, 2.05) is 6.92 Å². The number of nitrogens with zero attached hydrogens (tertiary/aromatic N) is 1. The van der Waals surface area contributed by atoms with Crippen LogP contribution in [0.4, 0.5) is 0 Å². The third-order valence-electron chi connectivity index (χ3n) is 4.52. The van der Waals surface area contributed by atoms with Gasteiger partial charge in [-0.1, -0.05) is 0 Å². The molecule has 2 rings (SSSR count). The van der Waals surface area contributed by atoms with Crippen molar-refractivity contribution in [2.75, 3.05) is 13.1 Å². The molecule has 114 valence electrons. The standard InChI is InChI=1S/C17H30N2O/c1-12(2)19-9-6-7-16(8-10-19)18-14(4)17-11-13(3)20-15(17)5/h11-12,14,16,18H,6-10H2,1-5H3. The molecule has 1 aromatic heterocycles. The van der Waals surface area contributed by atoms with Gasteiger partial charge in [-0.3, -0.25) is 0 Å². The molecule has 0 radical (unpaired) electrons. The summed E-state index contributed by atoms with van der Waals surface area (Å²) in [5.74, 6) is 2.07. The van der Waals surface area contributed by atoms with E-state index in [1.54, 1.807) is 0 Å². The largest absolute Gasteiger partial charge is 0.466 e. The summed E-state index contributed by atoms with van der Waals surface area (Å²) in [6.07, 6.45) is 3.83. The van der Waals surface area contributed by atoms with Crippen molar-refractivity contribution in [2.24, 2.45) is 0 Å². The smallest absolute Gasteiger partial charge is 0.105 e. The topological polar surface area (TPSA) is 28.4 Å². The number of rotatable bonds is 4. The fraction of sp³-hybridized carbons (Fsp3) is 0.765. The van der Waals surface area contributed by atoms with Crippen LogP contribution in [0.2, 0.25) is 0 Å². The van der Waals surface area contributed by atoms with Crippen molar-refractivity contribution in [2.45, 2.75) is 72.0 Å². The molecule has 1 N–H and O–H groups in total. The quantitative estimate of drug-likeness (QED) is 0.908. The molecule has 0 amide bonds. The molecule has 2 unspecified atom stereocenters. The van der Waals surface area contributed by atoms with Crippen LogP contribution >= 0.6 is 0 Å². The van der Waals surface area contributed by atoms with Crippen LogP contribution < -0.4 is 5.32 Å². The van der Waals surface area contributed by atoms with Gasteiger partial charge in [-0.25, -0.2) is 0 Å². The maximum absolute atomic E-state index is 5.65. The second-order valence-electron chi connectivity index (χ2n) is 6.51. The first-order valence-corrected chi connectivity index (χ1v) is 8.04. The van der Waals surface area contributed by atoms with E-state index in [1.165, 1.54) is 37.9 Å².